The number of hydrogen-bond donors (Lipinski definition) is 1. The molecule has 0 aliphatic carbocycles. The van der Waals surface area contributed by atoms with E-state index in [0.29, 0.717) is 5.92 Å². The van der Waals surface area contributed by atoms with E-state index in [1.165, 1.54) is 11.4 Å². The van der Waals surface area contributed by atoms with Crippen molar-refractivity contribution in [3.8, 4) is 0 Å². The SMILES string of the molecule is CCNCC(C)Cn1nc(CC)cc1CC. The number of nitrogens with one attached hydrogen (secondary N) is 1. The molecule has 0 saturated heterocycles. The highest BCUT2D eigenvalue weighted by Gasteiger charge is 2.08. The molecule has 0 saturated carbocycles. The van der Waals surface area contributed by atoms with E-state index in [2.05, 4.69) is 48.9 Å². The van der Waals surface area contributed by atoms with Crippen molar-refractivity contribution in [2.45, 2.75) is 47.1 Å². The van der Waals surface area contributed by atoms with Gasteiger partial charge in [-0.1, -0.05) is 27.7 Å². The Morgan fingerprint density at radius 2 is 2.06 bits per heavy atom. The van der Waals surface area contributed by atoms with Crippen molar-refractivity contribution in [3.63, 3.8) is 0 Å². The molecule has 1 heterocycles. The molecule has 1 aromatic rings. The Labute approximate surface area is 99.2 Å². The third-order valence-corrected chi connectivity index (χ3v) is 2.87. The maximum atomic E-state index is 4.64. The summed E-state index contributed by atoms with van der Waals surface area (Å²) in [5.74, 6) is 0.634. The minimum absolute atomic E-state index is 0.634. The maximum Gasteiger partial charge on any atom is 0.0624 e. The number of aryl methyl sites for hydroxylation is 2. The van der Waals surface area contributed by atoms with Crippen LogP contribution in [0.15, 0.2) is 6.07 Å². The van der Waals surface area contributed by atoms with Crippen LogP contribution in [0, 0.1) is 5.92 Å². The normalized spacial score (nSPS) is 13.0. The second-order valence-electron chi connectivity index (χ2n) is 4.43. The van der Waals surface area contributed by atoms with Gasteiger partial charge in [-0.3, -0.25) is 4.68 Å². The third kappa shape index (κ3) is 3.63. The molecule has 0 spiro atoms. The van der Waals surface area contributed by atoms with E-state index in [4.69, 9.17) is 0 Å². The van der Waals surface area contributed by atoms with E-state index in [0.717, 1.165) is 32.5 Å². The van der Waals surface area contributed by atoms with Crippen molar-refractivity contribution >= 4 is 0 Å². The van der Waals surface area contributed by atoms with E-state index in [1.54, 1.807) is 0 Å². The van der Waals surface area contributed by atoms with E-state index in [1.807, 2.05) is 0 Å². The highest BCUT2D eigenvalue weighted by molar-refractivity contribution is 5.10. The van der Waals surface area contributed by atoms with Gasteiger partial charge in [0.1, 0.15) is 0 Å². The standard InChI is InChI=1S/C13H25N3/c1-5-12-8-13(6-2)16(15-12)10-11(4)9-14-7-3/h8,11,14H,5-7,9-10H2,1-4H3. The molecule has 1 aromatic heterocycles. The van der Waals surface area contributed by atoms with Crippen molar-refractivity contribution in [1.82, 2.24) is 15.1 Å². The molecule has 3 heteroatoms. The quantitative estimate of drug-likeness (QED) is 0.768. The first-order valence-corrected chi connectivity index (χ1v) is 6.47. The van der Waals surface area contributed by atoms with Gasteiger partial charge in [-0.25, -0.2) is 0 Å². The smallest absolute Gasteiger partial charge is 0.0624 e. The molecule has 0 aromatic carbocycles. The Balaban J connectivity index is 2.60. The fourth-order valence-corrected chi connectivity index (χ4v) is 1.88. The van der Waals surface area contributed by atoms with Gasteiger partial charge in [0.25, 0.3) is 0 Å². The van der Waals surface area contributed by atoms with Gasteiger partial charge >= 0.3 is 0 Å². The van der Waals surface area contributed by atoms with Crippen molar-refractivity contribution in [3.05, 3.63) is 17.5 Å². The lowest BCUT2D eigenvalue weighted by molar-refractivity contribution is 0.417. The van der Waals surface area contributed by atoms with Gasteiger partial charge in [0, 0.05) is 12.2 Å². The molecule has 0 fully saturated rings. The van der Waals surface area contributed by atoms with Crippen LogP contribution in [0.2, 0.25) is 0 Å². The van der Waals surface area contributed by atoms with E-state index in [9.17, 15) is 0 Å². The van der Waals surface area contributed by atoms with Crippen LogP contribution < -0.4 is 5.32 Å². The zero-order valence-corrected chi connectivity index (χ0v) is 11.1. The van der Waals surface area contributed by atoms with Gasteiger partial charge < -0.3 is 5.32 Å². The fraction of sp³-hybridized carbons (Fsp3) is 0.769. The average Bonchev–Trinajstić information content (AvgIpc) is 2.68. The molecule has 1 N–H and O–H groups in total. The Morgan fingerprint density at radius 1 is 1.31 bits per heavy atom. The minimum Gasteiger partial charge on any atom is -0.317 e. The van der Waals surface area contributed by atoms with Crippen molar-refractivity contribution < 1.29 is 0 Å². The van der Waals surface area contributed by atoms with E-state index >= 15 is 0 Å². The van der Waals surface area contributed by atoms with Crippen LogP contribution >= 0.6 is 0 Å². The summed E-state index contributed by atoms with van der Waals surface area (Å²) in [4.78, 5) is 0. The Hall–Kier alpha value is -0.830. The summed E-state index contributed by atoms with van der Waals surface area (Å²) < 4.78 is 2.18. The first-order chi connectivity index (χ1) is 7.71. The second-order valence-corrected chi connectivity index (χ2v) is 4.43. The fourth-order valence-electron chi connectivity index (χ4n) is 1.88. The highest BCUT2D eigenvalue weighted by atomic mass is 15.3. The molecule has 92 valence electrons. The van der Waals surface area contributed by atoms with Gasteiger partial charge in [-0.2, -0.15) is 5.10 Å². The highest BCUT2D eigenvalue weighted by Crippen LogP contribution is 2.09. The summed E-state index contributed by atoms with van der Waals surface area (Å²) in [5.41, 5.74) is 2.58. The Kier molecular flexibility index (Phi) is 5.53. The zero-order valence-electron chi connectivity index (χ0n) is 11.1. The van der Waals surface area contributed by atoms with E-state index in [-0.39, 0.29) is 0 Å². The monoisotopic (exact) mass is 223 g/mol. The van der Waals surface area contributed by atoms with Crippen LogP contribution in [-0.4, -0.2) is 22.9 Å². The molecule has 0 radical (unpaired) electrons. The molecular weight excluding hydrogens is 198 g/mol. The van der Waals surface area contributed by atoms with Gasteiger partial charge in [0.05, 0.1) is 5.69 Å². The topological polar surface area (TPSA) is 29.9 Å². The average molecular weight is 223 g/mol. The van der Waals surface area contributed by atoms with Gasteiger partial charge in [-0.05, 0) is 37.9 Å². The summed E-state index contributed by atoms with van der Waals surface area (Å²) in [5, 5.41) is 8.02. The lowest BCUT2D eigenvalue weighted by Gasteiger charge is -2.13. The molecule has 0 aliphatic heterocycles. The zero-order chi connectivity index (χ0) is 12.0. The third-order valence-electron chi connectivity index (χ3n) is 2.87. The van der Waals surface area contributed by atoms with Crippen LogP contribution in [0.3, 0.4) is 0 Å². The summed E-state index contributed by atoms with van der Waals surface area (Å²) in [7, 11) is 0. The first kappa shape index (κ1) is 13.2. The molecular formula is C13H25N3. The predicted octanol–water partition coefficient (Wildman–Crippen LogP) is 2.25. The molecule has 1 atom stereocenters. The molecule has 0 aliphatic rings. The number of rotatable bonds is 7. The molecule has 16 heavy (non-hydrogen) atoms. The van der Waals surface area contributed by atoms with Crippen molar-refractivity contribution in [2.24, 2.45) is 5.92 Å². The molecule has 1 rings (SSSR count). The summed E-state index contributed by atoms with van der Waals surface area (Å²) in [6.07, 6.45) is 2.10. The van der Waals surface area contributed by atoms with E-state index < -0.39 is 0 Å². The lowest BCUT2D eigenvalue weighted by atomic mass is 10.2. The first-order valence-electron chi connectivity index (χ1n) is 6.47. The predicted molar refractivity (Wildman–Crippen MR) is 68.7 cm³/mol. The van der Waals surface area contributed by atoms with Gasteiger partial charge in [-0.15, -0.1) is 0 Å². The largest absolute Gasteiger partial charge is 0.317 e. The van der Waals surface area contributed by atoms with Crippen LogP contribution in [-0.2, 0) is 19.4 Å². The molecule has 3 nitrogen and oxygen atoms in total. The molecule has 0 bridgehead atoms. The van der Waals surface area contributed by atoms with Crippen LogP contribution in [0.4, 0.5) is 0 Å². The van der Waals surface area contributed by atoms with Gasteiger partial charge in [0.2, 0.25) is 0 Å². The maximum absolute atomic E-state index is 4.64. The minimum atomic E-state index is 0.634. The Bertz CT molecular complexity index is 304. The van der Waals surface area contributed by atoms with Crippen molar-refractivity contribution in [2.75, 3.05) is 13.1 Å². The van der Waals surface area contributed by atoms with Crippen LogP contribution in [0.1, 0.15) is 39.1 Å². The number of aromatic nitrogens is 2. The van der Waals surface area contributed by atoms with Crippen LogP contribution in [0.25, 0.3) is 0 Å². The summed E-state index contributed by atoms with van der Waals surface area (Å²) in [6, 6.07) is 2.24. The Morgan fingerprint density at radius 3 is 2.62 bits per heavy atom. The summed E-state index contributed by atoms with van der Waals surface area (Å²) in [6.45, 7) is 11.9. The number of hydrogen-bond acceptors (Lipinski definition) is 2. The lowest BCUT2D eigenvalue weighted by Crippen LogP contribution is -2.24. The number of nitrogens with zero attached hydrogens (tertiary/aromatic N) is 2. The van der Waals surface area contributed by atoms with Crippen molar-refractivity contribution in [1.29, 1.82) is 0 Å². The van der Waals surface area contributed by atoms with Gasteiger partial charge in [0.15, 0.2) is 0 Å². The van der Waals surface area contributed by atoms with Crippen LogP contribution in [0.5, 0.6) is 0 Å². The molecule has 1 unspecified atom stereocenters. The summed E-state index contributed by atoms with van der Waals surface area (Å²) >= 11 is 0. The second kappa shape index (κ2) is 6.69. The molecule has 0 amide bonds.